The Bertz CT molecular complexity index is 1050. The number of nitrogens with zero attached hydrogens (tertiary/aromatic N) is 3. The first-order chi connectivity index (χ1) is 15.0. The molecular weight excluding hydrogens is 439 g/mol. The standard InChI is InChI=1S/C22H22Cl2N4O3/c1-30-17-5-2-14(3-6-17)21-26-20(31-27-21)13-28-10-8-15(9-11-28)22(29)25-19-12-16(23)4-7-18(19)24/h2-7,12,15H,8-11,13H2,1H3,(H,25,29). The lowest BCUT2D eigenvalue weighted by Gasteiger charge is -2.30. The first-order valence-electron chi connectivity index (χ1n) is 9.97. The molecular formula is C22H22Cl2N4O3. The van der Waals surface area contributed by atoms with Crippen molar-refractivity contribution in [2.24, 2.45) is 5.92 Å². The van der Waals surface area contributed by atoms with Crippen LogP contribution in [-0.2, 0) is 11.3 Å². The van der Waals surface area contributed by atoms with E-state index in [0.717, 1.165) is 37.2 Å². The highest BCUT2D eigenvalue weighted by Crippen LogP contribution is 2.28. The zero-order valence-corrected chi connectivity index (χ0v) is 18.5. The average Bonchev–Trinajstić information content (AvgIpc) is 3.25. The average molecular weight is 461 g/mol. The molecule has 2 aromatic carbocycles. The van der Waals surface area contributed by atoms with Crippen molar-refractivity contribution < 1.29 is 14.1 Å². The molecule has 0 spiro atoms. The maximum atomic E-state index is 12.6. The lowest BCUT2D eigenvalue weighted by atomic mass is 9.96. The number of likely N-dealkylation sites (tertiary alicyclic amines) is 1. The van der Waals surface area contributed by atoms with E-state index in [1.807, 2.05) is 24.3 Å². The van der Waals surface area contributed by atoms with Gasteiger partial charge in [-0.2, -0.15) is 4.98 Å². The predicted molar refractivity (Wildman–Crippen MR) is 119 cm³/mol. The Hall–Kier alpha value is -2.61. The van der Waals surface area contributed by atoms with Crippen LogP contribution < -0.4 is 10.1 Å². The maximum Gasteiger partial charge on any atom is 0.241 e. The molecule has 162 valence electrons. The second-order valence-electron chi connectivity index (χ2n) is 7.40. The smallest absolute Gasteiger partial charge is 0.241 e. The fourth-order valence-corrected chi connectivity index (χ4v) is 3.89. The number of ether oxygens (including phenoxy) is 1. The molecule has 1 amide bonds. The van der Waals surface area contributed by atoms with Gasteiger partial charge in [-0.1, -0.05) is 28.4 Å². The molecule has 1 N–H and O–H groups in total. The van der Waals surface area contributed by atoms with Crippen molar-refractivity contribution in [2.45, 2.75) is 19.4 Å². The minimum atomic E-state index is -0.0798. The van der Waals surface area contributed by atoms with Crippen molar-refractivity contribution in [2.75, 3.05) is 25.5 Å². The summed E-state index contributed by atoms with van der Waals surface area (Å²) in [6.07, 6.45) is 1.48. The molecule has 0 aliphatic carbocycles. The van der Waals surface area contributed by atoms with E-state index in [1.54, 1.807) is 25.3 Å². The largest absolute Gasteiger partial charge is 0.497 e. The fourth-order valence-electron chi connectivity index (χ4n) is 3.55. The van der Waals surface area contributed by atoms with E-state index in [4.69, 9.17) is 32.5 Å². The Morgan fingerprint density at radius 3 is 2.65 bits per heavy atom. The number of piperidine rings is 1. The molecule has 4 rings (SSSR count). The summed E-state index contributed by atoms with van der Waals surface area (Å²) in [6.45, 7) is 2.08. The van der Waals surface area contributed by atoms with Crippen LogP contribution in [0.5, 0.6) is 5.75 Å². The minimum Gasteiger partial charge on any atom is -0.497 e. The van der Waals surface area contributed by atoms with E-state index in [-0.39, 0.29) is 11.8 Å². The summed E-state index contributed by atoms with van der Waals surface area (Å²) in [4.78, 5) is 19.3. The van der Waals surface area contributed by atoms with Crippen molar-refractivity contribution in [3.8, 4) is 17.1 Å². The third kappa shape index (κ3) is 5.36. The van der Waals surface area contributed by atoms with Crippen LogP contribution in [0, 0.1) is 5.92 Å². The van der Waals surface area contributed by atoms with E-state index >= 15 is 0 Å². The summed E-state index contributed by atoms with van der Waals surface area (Å²) < 4.78 is 10.6. The number of hydrogen-bond acceptors (Lipinski definition) is 6. The summed E-state index contributed by atoms with van der Waals surface area (Å²) in [5, 5.41) is 7.97. The first-order valence-corrected chi connectivity index (χ1v) is 10.7. The Balaban J connectivity index is 1.29. The van der Waals surface area contributed by atoms with Crippen LogP contribution in [0.1, 0.15) is 18.7 Å². The molecule has 0 atom stereocenters. The molecule has 1 fully saturated rings. The summed E-state index contributed by atoms with van der Waals surface area (Å²) in [5.41, 5.74) is 1.41. The van der Waals surface area contributed by atoms with Crippen molar-refractivity contribution in [1.29, 1.82) is 0 Å². The van der Waals surface area contributed by atoms with Gasteiger partial charge in [0.2, 0.25) is 17.6 Å². The van der Waals surface area contributed by atoms with Gasteiger partial charge in [0.1, 0.15) is 5.75 Å². The molecule has 1 aliphatic rings. The minimum absolute atomic E-state index is 0.0385. The molecule has 0 saturated carbocycles. The molecule has 3 aromatic rings. The highest BCUT2D eigenvalue weighted by molar-refractivity contribution is 6.35. The van der Waals surface area contributed by atoms with Gasteiger partial charge < -0.3 is 14.6 Å². The second kappa shape index (κ2) is 9.68. The van der Waals surface area contributed by atoms with Crippen LogP contribution in [0.3, 0.4) is 0 Å². The number of carbonyl (C=O) groups is 1. The molecule has 1 aliphatic heterocycles. The number of aromatic nitrogens is 2. The first kappa shape index (κ1) is 21.6. The third-order valence-corrected chi connectivity index (χ3v) is 5.88. The number of methoxy groups -OCH3 is 1. The van der Waals surface area contributed by atoms with Gasteiger partial charge >= 0.3 is 0 Å². The predicted octanol–water partition coefficient (Wildman–Crippen LogP) is 4.90. The van der Waals surface area contributed by atoms with Gasteiger partial charge in [-0.3, -0.25) is 9.69 Å². The number of carbonyl (C=O) groups excluding carboxylic acids is 1. The van der Waals surface area contributed by atoms with Crippen molar-refractivity contribution in [1.82, 2.24) is 15.0 Å². The van der Waals surface area contributed by atoms with Crippen LogP contribution in [0.4, 0.5) is 5.69 Å². The Morgan fingerprint density at radius 1 is 1.19 bits per heavy atom. The molecule has 7 nitrogen and oxygen atoms in total. The normalized spacial score (nSPS) is 15.1. The summed E-state index contributed by atoms with van der Waals surface area (Å²) in [6, 6.07) is 12.5. The number of amides is 1. The molecule has 0 bridgehead atoms. The molecule has 31 heavy (non-hydrogen) atoms. The Morgan fingerprint density at radius 2 is 1.94 bits per heavy atom. The van der Waals surface area contributed by atoms with Gasteiger partial charge in [-0.25, -0.2) is 0 Å². The van der Waals surface area contributed by atoms with Crippen LogP contribution in [0.15, 0.2) is 47.0 Å². The number of nitrogens with one attached hydrogen (secondary N) is 1. The van der Waals surface area contributed by atoms with Gasteiger partial charge in [0.25, 0.3) is 0 Å². The highest BCUT2D eigenvalue weighted by Gasteiger charge is 2.26. The Labute approximate surface area is 190 Å². The van der Waals surface area contributed by atoms with Gasteiger partial charge in [-0.15, -0.1) is 0 Å². The number of rotatable bonds is 6. The van der Waals surface area contributed by atoms with E-state index in [2.05, 4.69) is 20.4 Å². The summed E-state index contributed by atoms with van der Waals surface area (Å²) in [7, 11) is 1.63. The van der Waals surface area contributed by atoms with E-state index < -0.39 is 0 Å². The lowest BCUT2D eigenvalue weighted by Crippen LogP contribution is -2.37. The van der Waals surface area contributed by atoms with Crippen molar-refractivity contribution >= 4 is 34.8 Å². The van der Waals surface area contributed by atoms with Gasteiger partial charge in [0, 0.05) is 16.5 Å². The molecule has 2 heterocycles. The zero-order chi connectivity index (χ0) is 21.8. The van der Waals surface area contributed by atoms with Crippen LogP contribution in [0.25, 0.3) is 11.4 Å². The molecule has 9 heteroatoms. The second-order valence-corrected chi connectivity index (χ2v) is 8.25. The fraction of sp³-hybridized carbons (Fsp3) is 0.318. The van der Waals surface area contributed by atoms with Crippen LogP contribution in [-0.4, -0.2) is 41.1 Å². The molecule has 1 saturated heterocycles. The molecule has 0 radical (unpaired) electrons. The SMILES string of the molecule is COc1ccc(-c2noc(CN3CCC(C(=O)Nc4cc(Cl)ccc4Cl)CC3)n2)cc1. The molecule has 0 unspecified atom stereocenters. The van der Waals surface area contributed by atoms with Crippen molar-refractivity contribution in [3.05, 3.63) is 58.4 Å². The number of halogens is 2. The summed E-state index contributed by atoms with van der Waals surface area (Å²) >= 11 is 12.1. The van der Waals surface area contributed by atoms with Crippen molar-refractivity contribution in [3.63, 3.8) is 0 Å². The van der Waals surface area contributed by atoms with Gasteiger partial charge in [0.05, 0.1) is 24.4 Å². The van der Waals surface area contributed by atoms with Gasteiger partial charge in [0.15, 0.2) is 0 Å². The highest BCUT2D eigenvalue weighted by atomic mass is 35.5. The van der Waals surface area contributed by atoms with E-state index in [0.29, 0.717) is 34.0 Å². The zero-order valence-electron chi connectivity index (χ0n) is 17.0. The monoisotopic (exact) mass is 460 g/mol. The quantitative estimate of drug-likeness (QED) is 0.563. The molecule has 1 aromatic heterocycles. The van der Waals surface area contributed by atoms with Crippen LogP contribution >= 0.6 is 23.2 Å². The maximum absolute atomic E-state index is 12.6. The van der Waals surface area contributed by atoms with Gasteiger partial charge in [-0.05, 0) is 68.4 Å². The third-order valence-electron chi connectivity index (χ3n) is 5.32. The van der Waals surface area contributed by atoms with E-state index in [9.17, 15) is 4.79 Å². The number of anilines is 1. The topological polar surface area (TPSA) is 80.5 Å². The Kier molecular flexibility index (Phi) is 6.75. The van der Waals surface area contributed by atoms with E-state index in [1.165, 1.54) is 0 Å². The van der Waals surface area contributed by atoms with Crippen LogP contribution in [0.2, 0.25) is 10.0 Å². The number of hydrogen-bond donors (Lipinski definition) is 1. The lowest BCUT2D eigenvalue weighted by molar-refractivity contribution is -0.121. The number of benzene rings is 2. The summed E-state index contributed by atoms with van der Waals surface area (Å²) in [5.74, 6) is 1.76.